The Labute approximate surface area is 77.8 Å². The van der Waals surface area contributed by atoms with Crippen LogP contribution in [0.1, 0.15) is 13.3 Å². The van der Waals surface area contributed by atoms with Crippen LogP contribution in [0.5, 0.6) is 0 Å². The number of nitrogens with two attached hydrogens (primary N) is 1. The van der Waals surface area contributed by atoms with Crippen molar-refractivity contribution in [2.45, 2.75) is 19.4 Å². The van der Waals surface area contributed by atoms with E-state index in [0.717, 1.165) is 0 Å². The first-order chi connectivity index (χ1) is 6.18. The normalized spacial score (nSPS) is 12.8. The first-order valence-electron chi connectivity index (χ1n) is 4.32. The Morgan fingerprint density at radius 2 is 2.00 bits per heavy atom. The fourth-order valence-corrected chi connectivity index (χ4v) is 0.698. The molecule has 78 valence electrons. The van der Waals surface area contributed by atoms with Gasteiger partial charge in [-0.25, -0.2) is 0 Å². The molecule has 0 aliphatic heterocycles. The molecule has 5 nitrogen and oxygen atoms in total. The second-order valence-corrected chi connectivity index (χ2v) is 2.54. The molecule has 13 heavy (non-hydrogen) atoms. The highest BCUT2D eigenvalue weighted by Gasteiger charge is 2.09. The third-order valence-electron chi connectivity index (χ3n) is 1.47. The maximum atomic E-state index is 10.3. The fourth-order valence-electron chi connectivity index (χ4n) is 0.698. The van der Waals surface area contributed by atoms with Gasteiger partial charge < -0.3 is 20.3 Å². The maximum absolute atomic E-state index is 10.3. The molecule has 3 N–H and O–H groups in total. The summed E-state index contributed by atoms with van der Waals surface area (Å²) in [5, 5.41) is 8.42. The van der Waals surface area contributed by atoms with Gasteiger partial charge in [-0.05, 0) is 13.3 Å². The van der Waals surface area contributed by atoms with Gasteiger partial charge >= 0.3 is 5.97 Å². The first kappa shape index (κ1) is 12.3. The zero-order valence-electron chi connectivity index (χ0n) is 7.86. The van der Waals surface area contributed by atoms with Gasteiger partial charge in [-0.1, -0.05) is 0 Å². The molecule has 0 aromatic rings. The van der Waals surface area contributed by atoms with Crippen molar-refractivity contribution < 1.29 is 19.4 Å². The first-order valence-corrected chi connectivity index (χ1v) is 4.32. The summed E-state index contributed by atoms with van der Waals surface area (Å²) in [7, 11) is 0. The van der Waals surface area contributed by atoms with Gasteiger partial charge in [0.1, 0.15) is 6.04 Å². The number of carbonyl (C=O) groups is 1. The molecule has 0 saturated heterocycles. The topological polar surface area (TPSA) is 81.8 Å². The van der Waals surface area contributed by atoms with Gasteiger partial charge in [-0.3, -0.25) is 4.79 Å². The lowest BCUT2D eigenvalue weighted by atomic mass is 10.2. The molecule has 0 aliphatic rings. The number of hydrogen-bond donors (Lipinski definition) is 2. The summed E-state index contributed by atoms with van der Waals surface area (Å²) in [5.74, 6) is -0.992. The summed E-state index contributed by atoms with van der Waals surface area (Å²) in [6, 6.07) is -0.827. The Bertz CT molecular complexity index is 140. The maximum Gasteiger partial charge on any atom is 0.320 e. The molecule has 0 fully saturated rings. The van der Waals surface area contributed by atoms with Crippen LogP contribution in [0.25, 0.3) is 0 Å². The van der Waals surface area contributed by atoms with Crippen molar-refractivity contribution in [2.75, 3.05) is 26.4 Å². The van der Waals surface area contributed by atoms with Crippen molar-refractivity contribution in [3.63, 3.8) is 0 Å². The van der Waals surface area contributed by atoms with E-state index in [1.165, 1.54) is 0 Å². The Morgan fingerprint density at radius 3 is 2.54 bits per heavy atom. The SMILES string of the molecule is CCOCCOCC[C@H](N)C(=O)O. The molecule has 0 rings (SSSR count). The van der Waals surface area contributed by atoms with Crippen LogP contribution in [-0.2, 0) is 14.3 Å². The largest absolute Gasteiger partial charge is 0.480 e. The van der Waals surface area contributed by atoms with Gasteiger partial charge in [-0.2, -0.15) is 0 Å². The van der Waals surface area contributed by atoms with E-state index in [1.54, 1.807) is 0 Å². The summed E-state index contributed by atoms with van der Waals surface area (Å²) >= 11 is 0. The molecule has 0 spiro atoms. The highest BCUT2D eigenvalue weighted by molar-refractivity contribution is 5.72. The van der Waals surface area contributed by atoms with E-state index in [4.69, 9.17) is 20.3 Å². The third-order valence-corrected chi connectivity index (χ3v) is 1.47. The van der Waals surface area contributed by atoms with E-state index >= 15 is 0 Å². The van der Waals surface area contributed by atoms with Crippen molar-refractivity contribution in [1.29, 1.82) is 0 Å². The molecule has 1 atom stereocenters. The molecule has 0 saturated carbocycles. The summed E-state index contributed by atoms with van der Waals surface area (Å²) in [6.45, 7) is 3.96. The quantitative estimate of drug-likeness (QED) is 0.521. The van der Waals surface area contributed by atoms with Crippen LogP contribution in [0, 0.1) is 0 Å². The summed E-state index contributed by atoms with van der Waals surface area (Å²) in [5.41, 5.74) is 5.25. The summed E-state index contributed by atoms with van der Waals surface area (Å²) in [6.07, 6.45) is 0.335. The minimum Gasteiger partial charge on any atom is -0.480 e. The van der Waals surface area contributed by atoms with E-state index in [9.17, 15) is 4.79 Å². The Balaban J connectivity index is 3.11. The van der Waals surface area contributed by atoms with Crippen LogP contribution in [0.4, 0.5) is 0 Å². The van der Waals surface area contributed by atoms with Gasteiger partial charge in [0.2, 0.25) is 0 Å². The Morgan fingerprint density at radius 1 is 1.38 bits per heavy atom. The molecule has 0 aromatic heterocycles. The highest BCUT2D eigenvalue weighted by atomic mass is 16.5. The predicted octanol–water partition coefficient (Wildman–Crippen LogP) is -0.158. The molecule has 0 heterocycles. The fraction of sp³-hybridized carbons (Fsp3) is 0.875. The predicted molar refractivity (Wildman–Crippen MR) is 47.5 cm³/mol. The van der Waals surface area contributed by atoms with Crippen molar-refractivity contribution in [3.8, 4) is 0 Å². The zero-order valence-corrected chi connectivity index (χ0v) is 7.86. The van der Waals surface area contributed by atoms with Crippen LogP contribution < -0.4 is 5.73 Å². The molecule has 5 heteroatoms. The van der Waals surface area contributed by atoms with Crippen LogP contribution in [0.3, 0.4) is 0 Å². The van der Waals surface area contributed by atoms with E-state index in [-0.39, 0.29) is 0 Å². The lowest BCUT2D eigenvalue weighted by molar-refractivity contribution is -0.139. The molecular weight excluding hydrogens is 174 g/mol. The number of ether oxygens (including phenoxy) is 2. The highest BCUT2D eigenvalue weighted by Crippen LogP contribution is 1.89. The smallest absolute Gasteiger partial charge is 0.320 e. The lowest BCUT2D eigenvalue weighted by Gasteiger charge is -2.06. The van der Waals surface area contributed by atoms with Crippen LogP contribution >= 0.6 is 0 Å². The molecular formula is C8H17NO4. The van der Waals surface area contributed by atoms with E-state index in [1.807, 2.05) is 6.92 Å². The molecule has 0 aromatic carbocycles. The van der Waals surface area contributed by atoms with Crippen molar-refractivity contribution in [2.24, 2.45) is 5.73 Å². The molecule has 0 bridgehead atoms. The minimum absolute atomic E-state index is 0.335. The average molecular weight is 191 g/mol. The van der Waals surface area contributed by atoms with Gasteiger partial charge in [0, 0.05) is 13.2 Å². The standard InChI is InChI=1S/C8H17NO4/c1-2-12-5-6-13-4-3-7(9)8(10)11/h7H,2-6,9H2,1H3,(H,10,11)/t7-/m0/s1. The second-order valence-electron chi connectivity index (χ2n) is 2.54. The number of carboxylic acids is 1. The number of rotatable bonds is 8. The van der Waals surface area contributed by atoms with Crippen molar-refractivity contribution in [3.05, 3.63) is 0 Å². The molecule has 0 amide bonds. The number of hydrogen-bond acceptors (Lipinski definition) is 4. The average Bonchev–Trinajstić information content (AvgIpc) is 2.10. The van der Waals surface area contributed by atoms with E-state index in [2.05, 4.69) is 0 Å². The molecule has 0 radical (unpaired) electrons. The van der Waals surface area contributed by atoms with Gasteiger partial charge in [-0.15, -0.1) is 0 Å². The minimum atomic E-state index is -0.992. The number of carboxylic acid groups (broad SMARTS) is 1. The molecule has 0 unspecified atom stereocenters. The van der Waals surface area contributed by atoms with E-state index < -0.39 is 12.0 Å². The lowest BCUT2D eigenvalue weighted by Crippen LogP contribution is -2.31. The Kier molecular flexibility index (Phi) is 7.57. The van der Waals surface area contributed by atoms with Gasteiger partial charge in [0.25, 0.3) is 0 Å². The second kappa shape index (κ2) is 7.97. The number of aliphatic carboxylic acids is 1. The van der Waals surface area contributed by atoms with E-state index in [0.29, 0.717) is 32.8 Å². The summed E-state index contributed by atoms with van der Waals surface area (Å²) in [4.78, 5) is 10.3. The van der Waals surface area contributed by atoms with Crippen molar-refractivity contribution in [1.82, 2.24) is 0 Å². The zero-order chi connectivity index (χ0) is 10.1. The summed E-state index contributed by atoms with van der Waals surface area (Å²) < 4.78 is 10.1. The van der Waals surface area contributed by atoms with Crippen LogP contribution in [0.15, 0.2) is 0 Å². The van der Waals surface area contributed by atoms with Crippen LogP contribution in [-0.4, -0.2) is 43.5 Å². The third kappa shape index (κ3) is 7.70. The van der Waals surface area contributed by atoms with Crippen molar-refractivity contribution >= 4 is 5.97 Å². The van der Waals surface area contributed by atoms with Gasteiger partial charge in [0.15, 0.2) is 0 Å². The Hall–Kier alpha value is -0.650. The monoisotopic (exact) mass is 191 g/mol. The molecule has 0 aliphatic carbocycles. The van der Waals surface area contributed by atoms with Gasteiger partial charge in [0.05, 0.1) is 13.2 Å². The van der Waals surface area contributed by atoms with Crippen LogP contribution in [0.2, 0.25) is 0 Å².